The van der Waals surface area contributed by atoms with Gasteiger partial charge >= 0.3 is 0 Å². The van der Waals surface area contributed by atoms with Gasteiger partial charge in [-0.1, -0.05) is 30.3 Å². The van der Waals surface area contributed by atoms with Crippen molar-refractivity contribution in [2.45, 2.75) is 5.92 Å². The Morgan fingerprint density at radius 2 is 1.86 bits per heavy atom. The second-order valence-electron chi connectivity index (χ2n) is 4.94. The molecular weight excluding hydrogens is 325 g/mol. The van der Waals surface area contributed by atoms with Crippen LogP contribution < -0.4 is 11.1 Å². The molecule has 2 rings (SSSR count). The van der Waals surface area contributed by atoms with Crippen LogP contribution >= 0.6 is 24.8 Å². The van der Waals surface area contributed by atoms with Crippen LogP contribution in [0.1, 0.15) is 11.5 Å². The fourth-order valence-electron chi connectivity index (χ4n) is 2.37. The van der Waals surface area contributed by atoms with Gasteiger partial charge in [0.25, 0.3) is 0 Å². The Balaban J connectivity index is 0.00000220. The van der Waals surface area contributed by atoms with E-state index in [1.807, 2.05) is 30.3 Å². The minimum atomic E-state index is -0.263. The van der Waals surface area contributed by atoms with Crippen LogP contribution in [0.4, 0.5) is 0 Å². The van der Waals surface area contributed by atoms with E-state index in [9.17, 15) is 4.79 Å². The number of morpholine rings is 1. The van der Waals surface area contributed by atoms with E-state index in [1.165, 1.54) is 0 Å². The van der Waals surface area contributed by atoms with Crippen molar-refractivity contribution in [3.05, 3.63) is 35.9 Å². The summed E-state index contributed by atoms with van der Waals surface area (Å²) in [4.78, 5) is 14.5. The van der Waals surface area contributed by atoms with Crippen LogP contribution in [-0.4, -0.2) is 56.7 Å². The zero-order valence-electron chi connectivity index (χ0n) is 12.6. The molecule has 1 amide bonds. The minimum absolute atomic E-state index is 0. The van der Waals surface area contributed by atoms with Crippen molar-refractivity contribution >= 4 is 30.7 Å². The van der Waals surface area contributed by atoms with Gasteiger partial charge in [0, 0.05) is 32.7 Å². The molecule has 1 unspecified atom stereocenters. The van der Waals surface area contributed by atoms with E-state index < -0.39 is 0 Å². The smallest absolute Gasteiger partial charge is 0.228 e. The molecule has 0 bridgehead atoms. The average Bonchev–Trinajstić information content (AvgIpc) is 2.50. The van der Waals surface area contributed by atoms with Crippen LogP contribution in [0.2, 0.25) is 0 Å². The maximum absolute atomic E-state index is 12.2. The van der Waals surface area contributed by atoms with Crippen LogP contribution in [0.15, 0.2) is 30.3 Å². The standard InChI is InChI=1S/C15H23N3O2.2ClH/c16-12-14(13-4-2-1-3-5-13)15(19)17-6-7-18-8-10-20-11-9-18;;/h1-5,14H,6-12,16H2,(H,17,19);2*1H. The highest BCUT2D eigenvalue weighted by Gasteiger charge is 2.18. The first kappa shape index (κ1) is 21.1. The molecular formula is C15H25Cl2N3O2. The molecule has 5 nitrogen and oxygen atoms in total. The van der Waals surface area contributed by atoms with E-state index in [2.05, 4.69) is 10.2 Å². The predicted octanol–water partition coefficient (Wildman–Crippen LogP) is 1.02. The SMILES string of the molecule is Cl.Cl.NCC(C(=O)NCCN1CCOCC1)c1ccccc1. The largest absolute Gasteiger partial charge is 0.379 e. The van der Waals surface area contributed by atoms with Gasteiger partial charge in [-0.2, -0.15) is 0 Å². The molecule has 1 aromatic carbocycles. The van der Waals surface area contributed by atoms with Crippen molar-refractivity contribution in [1.82, 2.24) is 10.2 Å². The second-order valence-corrected chi connectivity index (χ2v) is 4.94. The lowest BCUT2D eigenvalue weighted by Crippen LogP contribution is -2.42. The van der Waals surface area contributed by atoms with Gasteiger partial charge in [-0.25, -0.2) is 0 Å². The highest BCUT2D eigenvalue weighted by Crippen LogP contribution is 2.13. The second kappa shape index (κ2) is 11.7. The Morgan fingerprint density at radius 3 is 2.45 bits per heavy atom. The molecule has 1 atom stereocenters. The molecule has 3 N–H and O–H groups in total. The zero-order chi connectivity index (χ0) is 14.2. The molecule has 1 saturated heterocycles. The first-order valence-corrected chi connectivity index (χ1v) is 7.14. The fourth-order valence-corrected chi connectivity index (χ4v) is 2.37. The highest BCUT2D eigenvalue weighted by molar-refractivity contribution is 5.85. The molecule has 0 radical (unpaired) electrons. The zero-order valence-corrected chi connectivity index (χ0v) is 14.2. The number of amides is 1. The van der Waals surface area contributed by atoms with Crippen molar-refractivity contribution < 1.29 is 9.53 Å². The van der Waals surface area contributed by atoms with Crippen LogP contribution in [0.5, 0.6) is 0 Å². The molecule has 1 aliphatic rings. The summed E-state index contributed by atoms with van der Waals surface area (Å²) >= 11 is 0. The van der Waals surface area contributed by atoms with Crippen LogP contribution in [0.25, 0.3) is 0 Å². The molecule has 1 aliphatic heterocycles. The summed E-state index contributed by atoms with van der Waals surface area (Å²) in [5.74, 6) is -0.257. The highest BCUT2D eigenvalue weighted by atomic mass is 35.5. The number of rotatable bonds is 6. The monoisotopic (exact) mass is 349 g/mol. The molecule has 1 heterocycles. The van der Waals surface area contributed by atoms with Gasteiger partial charge in [0.2, 0.25) is 5.91 Å². The number of carbonyl (C=O) groups excluding carboxylic acids is 1. The van der Waals surface area contributed by atoms with Gasteiger partial charge in [-0.05, 0) is 5.56 Å². The van der Waals surface area contributed by atoms with Gasteiger partial charge in [0.1, 0.15) is 0 Å². The summed E-state index contributed by atoms with van der Waals surface area (Å²) in [5.41, 5.74) is 6.70. The maximum atomic E-state index is 12.2. The number of nitrogens with zero attached hydrogens (tertiary/aromatic N) is 1. The summed E-state index contributed by atoms with van der Waals surface area (Å²) < 4.78 is 5.30. The molecule has 0 spiro atoms. The van der Waals surface area contributed by atoms with E-state index in [-0.39, 0.29) is 36.6 Å². The Morgan fingerprint density at radius 1 is 1.23 bits per heavy atom. The van der Waals surface area contributed by atoms with E-state index in [4.69, 9.17) is 10.5 Å². The van der Waals surface area contributed by atoms with Crippen LogP contribution in [-0.2, 0) is 9.53 Å². The number of benzene rings is 1. The van der Waals surface area contributed by atoms with E-state index in [1.54, 1.807) is 0 Å². The number of nitrogens with one attached hydrogen (secondary N) is 1. The molecule has 1 aromatic rings. The predicted molar refractivity (Wildman–Crippen MR) is 93.0 cm³/mol. The topological polar surface area (TPSA) is 67.6 Å². The number of ether oxygens (including phenoxy) is 1. The quantitative estimate of drug-likeness (QED) is 0.804. The van der Waals surface area contributed by atoms with Crippen molar-refractivity contribution in [1.29, 1.82) is 0 Å². The summed E-state index contributed by atoms with van der Waals surface area (Å²) in [6, 6.07) is 9.68. The van der Waals surface area contributed by atoms with Crippen molar-refractivity contribution in [3.8, 4) is 0 Å². The van der Waals surface area contributed by atoms with Gasteiger partial charge in [0.05, 0.1) is 19.1 Å². The molecule has 126 valence electrons. The van der Waals surface area contributed by atoms with Gasteiger partial charge in [-0.3, -0.25) is 9.69 Å². The minimum Gasteiger partial charge on any atom is -0.379 e. The van der Waals surface area contributed by atoms with Gasteiger partial charge in [0.15, 0.2) is 0 Å². The third-order valence-electron chi connectivity index (χ3n) is 3.59. The molecule has 1 fully saturated rings. The lowest BCUT2D eigenvalue weighted by atomic mass is 9.98. The Kier molecular flexibility index (Phi) is 11.2. The maximum Gasteiger partial charge on any atom is 0.228 e. The summed E-state index contributed by atoms with van der Waals surface area (Å²) in [6.45, 7) is 5.28. The van der Waals surface area contributed by atoms with Gasteiger partial charge < -0.3 is 15.8 Å². The number of nitrogens with two attached hydrogens (primary N) is 1. The number of hydrogen-bond donors (Lipinski definition) is 2. The lowest BCUT2D eigenvalue weighted by Gasteiger charge is -2.26. The van der Waals surface area contributed by atoms with E-state index in [0.29, 0.717) is 13.1 Å². The van der Waals surface area contributed by atoms with Crippen molar-refractivity contribution in [2.75, 3.05) is 45.9 Å². The van der Waals surface area contributed by atoms with Crippen LogP contribution in [0, 0.1) is 0 Å². The fraction of sp³-hybridized carbons (Fsp3) is 0.533. The molecule has 0 saturated carbocycles. The van der Waals surface area contributed by atoms with E-state index in [0.717, 1.165) is 38.4 Å². The normalized spacial score (nSPS) is 16.0. The average molecular weight is 350 g/mol. The van der Waals surface area contributed by atoms with Crippen LogP contribution in [0.3, 0.4) is 0 Å². The third-order valence-corrected chi connectivity index (χ3v) is 3.59. The molecule has 0 aliphatic carbocycles. The summed E-state index contributed by atoms with van der Waals surface area (Å²) in [5, 5.41) is 2.98. The number of hydrogen-bond acceptors (Lipinski definition) is 4. The van der Waals surface area contributed by atoms with Crippen molar-refractivity contribution in [2.24, 2.45) is 5.73 Å². The van der Waals surface area contributed by atoms with Gasteiger partial charge in [-0.15, -0.1) is 24.8 Å². The van der Waals surface area contributed by atoms with Crippen molar-refractivity contribution in [3.63, 3.8) is 0 Å². The molecule has 22 heavy (non-hydrogen) atoms. The molecule has 0 aromatic heterocycles. The molecule has 7 heteroatoms. The Bertz CT molecular complexity index is 415. The Hall–Kier alpha value is -0.850. The summed E-state index contributed by atoms with van der Waals surface area (Å²) in [6.07, 6.45) is 0. The van der Waals surface area contributed by atoms with E-state index >= 15 is 0 Å². The summed E-state index contributed by atoms with van der Waals surface area (Å²) in [7, 11) is 0. The third kappa shape index (κ3) is 6.50. The number of halogens is 2. The number of carbonyl (C=O) groups is 1. The Labute approximate surface area is 144 Å². The first-order valence-electron chi connectivity index (χ1n) is 7.14. The lowest BCUT2D eigenvalue weighted by molar-refractivity contribution is -0.122. The first-order chi connectivity index (χ1) is 9.81.